The molecule has 0 bridgehead atoms. The Bertz CT molecular complexity index is 1280. The quantitative estimate of drug-likeness (QED) is 0.501. The predicted molar refractivity (Wildman–Crippen MR) is 120 cm³/mol. The molecular formula is C21H27N5O5S. The van der Waals surface area contributed by atoms with Gasteiger partial charge in [-0.05, 0) is 20.3 Å². The van der Waals surface area contributed by atoms with Crippen molar-refractivity contribution in [2.75, 3.05) is 19.7 Å². The van der Waals surface area contributed by atoms with Gasteiger partial charge in [-0.15, -0.1) is 11.3 Å². The van der Waals surface area contributed by atoms with Crippen LogP contribution in [0.2, 0.25) is 0 Å². The SMILES string of the molecule is CCCn1c(=O)n(C)c(=O)c2c(C(=O)CN3C[C@H](O)CO3)c(Cc3c(C)n[nH]c3C)sc21. The molecule has 1 atom stereocenters. The van der Waals surface area contributed by atoms with Gasteiger partial charge >= 0.3 is 5.69 Å². The summed E-state index contributed by atoms with van der Waals surface area (Å²) in [6.45, 7) is 6.47. The molecule has 0 unspecified atom stereocenters. The van der Waals surface area contributed by atoms with Crippen molar-refractivity contribution in [1.82, 2.24) is 24.4 Å². The van der Waals surface area contributed by atoms with Crippen LogP contribution in [0.15, 0.2) is 9.59 Å². The zero-order valence-electron chi connectivity index (χ0n) is 18.6. The summed E-state index contributed by atoms with van der Waals surface area (Å²) in [5.41, 5.74) is 2.12. The van der Waals surface area contributed by atoms with Crippen LogP contribution in [-0.2, 0) is 24.9 Å². The fourth-order valence-corrected chi connectivity index (χ4v) is 5.43. The van der Waals surface area contributed by atoms with E-state index in [4.69, 9.17) is 4.84 Å². The first-order valence-electron chi connectivity index (χ1n) is 10.6. The van der Waals surface area contributed by atoms with Crippen molar-refractivity contribution in [2.45, 2.75) is 46.3 Å². The number of nitrogens with zero attached hydrogens (tertiary/aromatic N) is 4. The van der Waals surface area contributed by atoms with E-state index in [-0.39, 0.29) is 30.9 Å². The standard InChI is InChI=1S/C21H27N5O5S/c1-5-6-26-20-18(19(29)24(4)21(26)30)17(15(28)9-25-8-13(27)10-31-25)16(32-20)7-14-11(2)22-23-12(14)3/h13,27H,5-10H2,1-4H3,(H,22,23)/t13-/m0/s1. The molecule has 2 N–H and O–H groups in total. The molecule has 0 aromatic carbocycles. The molecule has 0 spiro atoms. The van der Waals surface area contributed by atoms with Crippen LogP contribution in [0.3, 0.4) is 0 Å². The Morgan fingerprint density at radius 2 is 2.09 bits per heavy atom. The van der Waals surface area contributed by atoms with Crippen molar-refractivity contribution < 1.29 is 14.7 Å². The summed E-state index contributed by atoms with van der Waals surface area (Å²) < 4.78 is 2.64. The van der Waals surface area contributed by atoms with Crippen molar-refractivity contribution >= 4 is 27.3 Å². The number of carbonyl (C=O) groups excluding carboxylic acids is 1. The van der Waals surface area contributed by atoms with E-state index in [0.717, 1.165) is 21.5 Å². The monoisotopic (exact) mass is 461 g/mol. The minimum absolute atomic E-state index is 0.0880. The first-order chi connectivity index (χ1) is 15.2. The van der Waals surface area contributed by atoms with E-state index in [1.165, 1.54) is 23.4 Å². The lowest BCUT2D eigenvalue weighted by atomic mass is 10.0. The first-order valence-corrected chi connectivity index (χ1v) is 11.4. The third-order valence-electron chi connectivity index (χ3n) is 5.77. The summed E-state index contributed by atoms with van der Waals surface area (Å²) in [6, 6.07) is 0. The van der Waals surface area contributed by atoms with Gasteiger partial charge in [0.1, 0.15) is 4.83 Å². The number of hydroxylamine groups is 2. The summed E-state index contributed by atoms with van der Waals surface area (Å²) >= 11 is 1.31. The Labute approximate surface area is 188 Å². The summed E-state index contributed by atoms with van der Waals surface area (Å²) in [6.07, 6.45) is 0.477. The summed E-state index contributed by atoms with van der Waals surface area (Å²) in [7, 11) is 1.44. The van der Waals surface area contributed by atoms with Crippen LogP contribution in [0.25, 0.3) is 10.2 Å². The zero-order chi connectivity index (χ0) is 23.2. The Hall–Kier alpha value is -2.60. The highest BCUT2D eigenvalue weighted by Crippen LogP contribution is 2.32. The van der Waals surface area contributed by atoms with E-state index in [1.54, 1.807) is 4.57 Å². The summed E-state index contributed by atoms with van der Waals surface area (Å²) in [4.78, 5) is 46.0. The molecule has 0 saturated carbocycles. The van der Waals surface area contributed by atoms with Crippen LogP contribution in [0, 0.1) is 13.8 Å². The second-order valence-corrected chi connectivity index (χ2v) is 9.25. The Kier molecular flexibility index (Phi) is 6.17. The summed E-state index contributed by atoms with van der Waals surface area (Å²) in [5.74, 6) is -0.280. The van der Waals surface area contributed by atoms with Crippen LogP contribution in [0.5, 0.6) is 0 Å². The summed E-state index contributed by atoms with van der Waals surface area (Å²) in [5, 5.41) is 18.6. The molecule has 4 heterocycles. The van der Waals surface area contributed by atoms with Gasteiger partial charge in [0.25, 0.3) is 5.56 Å². The van der Waals surface area contributed by atoms with Crippen molar-refractivity contribution in [2.24, 2.45) is 7.05 Å². The molecule has 10 nitrogen and oxygen atoms in total. The Morgan fingerprint density at radius 3 is 2.69 bits per heavy atom. The van der Waals surface area contributed by atoms with E-state index >= 15 is 0 Å². The van der Waals surface area contributed by atoms with Crippen LogP contribution >= 0.6 is 11.3 Å². The number of Topliss-reactive ketones (excluding diaryl/α,β-unsaturated/α-hetero) is 1. The number of aryl methyl sites for hydroxylation is 3. The lowest BCUT2D eigenvalue weighted by molar-refractivity contribution is -0.102. The van der Waals surface area contributed by atoms with Crippen molar-refractivity contribution in [3.05, 3.63) is 48.2 Å². The molecule has 1 aliphatic rings. The molecule has 4 rings (SSSR count). The normalized spacial score (nSPS) is 17.0. The molecule has 11 heteroatoms. The van der Waals surface area contributed by atoms with Gasteiger partial charge in [0.15, 0.2) is 5.78 Å². The number of rotatable bonds is 7. The highest BCUT2D eigenvalue weighted by atomic mass is 32.1. The fraction of sp³-hybridized carbons (Fsp3) is 0.524. The second-order valence-electron chi connectivity index (χ2n) is 8.16. The number of β-amino-alcohol motifs (C(OH)–C–C–N with tert-alkyl or cyclic N) is 1. The minimum atomic E-state index is -0.652. The lowest BCUT2D eigenvalue weighted by Gasteiger charge is -2.13. The van der Waals surface area contributed by atoms with Crippen LogP contribution in [0.4, 0.5) is 0 Å². The number of ketones is 1. The van der Waals surface area contributed by atoms with Gasteiger partial charge in [-0.3, -0.25) is 28.7 Å². The Morgan fingerprint density at radius 1 is 1.34 bits per heavy atom. The highest BCUT2D eigenvalue weighted by Gasteiger charge is 2.30. The zero-order valence-corrected chi connectivity index (χ0v) is 19.4. The van der Waals surface area contributed by atoms with Gasteiger partial charge < -0.3 is 5.11 Å². The third-order valence-corrected chi connectivity index (χ3v) is 6.98. The minimum Gasteiger partial charge on any atom is -0.389 e. The average molecular weight is 462 g/mol. The maximum atomic E-state index is 13.5. The van der Waals surface area contributed by atoms with Gasteiger partial charge in [-0.2, -0.15) is 10.2 Å². The number of aliphatic hydroxyl groups excluding tert-OH is 1. The lowest BCUT2D eigenvalue weighted by Crippen LogP contribution is -2.38. The molecule has 172 valence electrons. The second kappa shape index (κ2) is 8.74. The first kappa shape index (κ1) is 22.6. The van der Waals surface area contributed by atoms with E-state index in [0.29, 0.717) is 34.7 Å². The average Bonchev–Trinajstić information content (AvgIpc) is 3.43. The van der Waals surface area contributed by atoms with Gasteiger partial charge in [0.2, 0.25) is 0 Å². The fourth-order valence-electron chi connectivity index (χ4n) is 4.09. The van der Waals surface area contributed by atoms with Gasteiger partial charge in [0.05, 0.1) is 36.9 Å². The number of nitrogens with one attached hydrogen (secondary N) is 1. The molecule has 0 aliphatic carbocycles. The highest BCUT2D eigenvalue weighted by molar-refractivity contribution is 7.19. The molecule has 3 aromatic heterocycles. The molecular weight excluding hydrogens is 434 g/mol. The molecule has 32 heavy (non-hydrogen) atoms. The smallest absolute Gasteiger partial charge is 0.331 e. The number of thiophene rings is 1. The van der Waals surface area contributed by atoms with Crippen molar-refractivity contribution in [1.29, 1.82) is 0 Å². The van der Waals surface area contributed by atoms with E-state index in [9.17, 15) is 19.5 Å². The molecule has 0 amide bonds. The maximum absolute atomic E-state index is 13.5. The molecule has 1 aliphatic heterocycles. The number of carbonyl (C=O) groups is 1. The largest absolute Gasteiger partial charge is 0.389 e. The number of aliphatic hydroxyl groups is 1. The molecule has 1 saturated heterocycles. The predicted octanol–water partition coefficient (Wildman–Crippen LogP) is 0.893. The number of hydrogen-bond acceptors (Lipinski definition) is 8. The van der Waals surface area contributed by atoms with Crippen molar-refractivity contribution in [3.8, 4) is 0 Å². The van der Waals surface area contributed by atoms with Crippen molar-refractivity contribution in [3.63, 3.8) is 0 Å². The molecule has 3 aromatic rings. The number of aromatic amines is 1. The van der Waals surface area contributed by atoms with E-state index in [1.807, 2.05) is 20.8 Å². The number of fused-ring (bicyclic) bond motifs is 1. The van der Waals surface area contributed by atoms with Gasteiger partial charge in [-0.1, -0.05) is 6.92 Å². The Balaban J connectivity index is 1.92. The number of hydrogen-bond donors (Lipinski definition) is 2. The van der Waals surface area contributed by atoms with Crippen LogP contribution in [0.1, 0.15) is 45.5 Å². The third kappa shape index (κ3) is 3.85. The van der Waals surface area contributed by atoms with Gasteiger partial charge in [-0.25, -0.2) is 4.79 Å². The van der Waals surface area contributed by atoms with E-state index in [2.05, 4.69) is 10.2 Å². The topological polar surface area (TPSA) is 122 Å². The maximum Gasteiger partial charge on any atom is 0.331 e. The van der Waals surface area contributed by atoms with Gasteiger partial charge in [0, 0.05) is 41.7 Å². The number of H-pyrrole nitrogens is 1. The molecule has 0 radical (unpaired) electrons. The number of aromatic nitrogens is 4. The molecule has 1 fully saturated rings. The van der Waals surface area contributed by atoms with Crippen LogP contribution < -0.4 is 11.2 Å². The van der Waals surface area contributed by atoms with E-state index < -0.39 is 17.4 Å². The van der Waals surface area contributed by atoms with Crippen LogP contribution in [-0.4, -0.2) is 61.1 Å².